The van der Waals surface area contributed by atoms with Gasteiger partial charge >= 0.3 is 5.97 Å². The van der Waals surface area contributed by atoms with Crippen LogP contribution < -0.4 is 15.4 Å². The minimum absolute atomic E-state index is 0.0380. The van der Waals surface area contributed by atoms with E-state index in [1.165, 1.54) is 0 Å². The molecular formula is C39H47N3O8. The third-order valence-electron chi connectivity index (χ3n) is 9.85. The maximum absolute atomic E-state index is 14.1. The molecule has 6 rings (SSSR count). The number of cyclic esters (lactones) is 1. The number of aliphatic hydroxyl groups is 2. The smallest absolute Gasteiger partial charge is 0.306 e. The Hall–Kier alpha value is -4.29. The third kappa shape index (κ3) is 9.48. The number of aliphatic hydroxyl groups excluding tert-OH is 2. The van der Waals surface area contributed by atoms with Gasteiger partial charge in [0.15, 0.2) is 6.10 Å². The number of benzene rings is 3. The van der Waals surface area contributed by atoms with Gasteiger partial charge in [-0.1, -0.05) is 66.7 Å². The van der Waals surface area contributed by atoms with Crippen LogP contribution in [0.4, 0.5) is 0 Å². The summed E-state index contributed by atoms with van der Waals surface area (Å²) in [5.41, 5.74) is 3.65. The van der Waals surface area contributed by atoms with Crippen LogP contribution in [0.25, 0.3) is 0 Å². The molecule has 11 heteroatoms. The molecule has 3 aliphatic rings. The van der Waals surface area contributed by atoms with Gasteiger partial charge in [-0.15, -0.1) is 0 Å². The molecule has 1 aliphatic carbocycles. The summed E-state index contributed by atoms with van der Waals surface area (Å²) in [7, 11) is 0. The Kier molecular flexibility index (Phi) is 12.1. The lowest BCUT2D eigenvalue weighted by Gasteiger charge is -2.29. The van der Waals surface area contributed by atoms with Crippen molar-refractivity contribution in [2.24, 2.45) is 5.92 Å². The van der Waals surface area contributed by atoms with E-state index in [9.17, 15) is 24.6 Å². The van der Waals surface area contributed by atoms with E-state index in [0.29, 0.717) is 25.9 Å². The maximum Gasteiger partial charge on any atom is 0.306 e. The first kappa shape index (κ1) is 35.5. The first-order valence-corrected chi connectivity index (χ1v) is 17.6. The van der Waals surface area contributed by atoms with Gasteiger partial charge in [-0.3, -0.25) is 19.3 Å². The second-order valence-corrected chi connectivity index (χ2v) is 13.4. The molecule has 0 aromatic heterocycles. The van der Waals surface area contributed by atoms with E-state index in [4.69, 9.17) is 14.2 Å². The Bertz CT molecular complexity index is 1580. The van der Waals surface area contributed by atoms with E-state index in [-0.39, 0.29) is 25.2 Å². The van der Waals surface area contributed by atoms with Crippen molar-refractivity contribution in [1.29, 1.82) is 0 Å². The average Bonchev–Trinajstić information content (AvgIpc) is 3.71. The van der Waals surface area contributed by atoms with Crippen molar-refractivity contribution in [2.45, 2.75) is 68.9 Å². The number of amides is 2. The second-order valence-electron chi connectivity index (χ2n) is 13.4. The summed E-state index contributed by atoms with van der Waals surface area (Å²) in [5.74, 6) is -1.16. The predicted octanol–water partition coefficient (Wildman–Crippen LogP) is 2.51. The Balaban J connectivity index is 1.17. The van der Waals surface area contributed by atoms with Gasteiger partial charge in [-0.25, -0.2) is 0 Å². The monoisotopic (exact) mass is 685 g/mol. The molecule has 2 amide bonds. The van der Waals surface area contributed by atoms with Crippen molar-refractivity contribution < 1.29 is 38.8 Å². The summed E-state index contributed by atoms with van der Waals surface area (Å²) >= 11 is 0. The molecule has 0 spiro atoms. The van der Waals surface area contributed by atoms with Gasteiger partial charge in [0.2, 0.25) is 5.91 Å². The minimum Gasteiger partial charge on any atom is -0.492 e. The number of esters is 1. The summed E-state index contributed by atoms with van der Waals surface area (Å²) in [6, 6.07) is 23.5. The van der Waals surface area contributed by atoms with Crippen molar-refractivity contribution in [3.63, 3.8) is 0 Å². The SMILES string of the molecule is O=C1CC[C@@H](C(=O)N[C@@H](Cc2ccccc2)[C@@H](O)C[C@@H](Cc2ccc(OCCN3CCOCC3)cc2)C(=O)N[C@H]2c3ccccc3C[C@H]2O)O1. The Morgan fingerprint density at radius 3 is 2.40 bits per heavy atom. The zero-order chi connectivity index (χ0) is 34.9. The fourth-order valence-corrected chi connectivity index (χ4v) is 7.02. The van der Waals surface area contributed by atoms with E-state index in [2.05, 4.69) is 15.5 Å². The van der Waals surface area contributed by atoms with E-state index in [1.54, 1.807) is 0 Å². The summed E-state index contributed by atoms with van der Waals surface area (Å²) in [4.78, 5) is 41.3. The Morgan fingerprint density at radius 2 is 1.66 bits per heavy atom. The standard InChI is InChI=1S/C39H47N3O8/c43-33(32(23-26-6-2-1-3-7-26)40-39(47)35-14-15-36(45)50-35)25-29(38(46)41-37-31-9-5-4-8-28(31)24-34(37)44)22-27-10-12-30(13-11-27)49-21-18-42-16-19-48-20-17-42/h1-13,29,32-35,37,43-44H,14-25H2,(H,40,47)(H,41,46)/t29-,32+,33+,34-,35+,37+/m1/s1. The molecule has 6 atom stereocenters. The Morgan fingerprint density at radius 1 is 0.940 bits per heavy atom. The number of fused-ring (bicyclic) bond motifs is 1. The summed E-state index contributed by atoms with van der Waals surface area (Å²) in [6.07, 6.45) is -1.24. The van der Waals surface area contributed by atoms with Gasteiger partial charge in [0.05, 0.1) is 37.5 Å². The number of nitrogens with one attached hydrogen (secondary N) is 2. The summed E-state index contributed by atoms with van der Waals surface area (Å²) in [5, 5.41) is 28.6. The molecule has 0 saturated carbocycles. The number of carbonyl (C=O) groups is 3. The molecule has 11 nitrogen and oxygen atoms in total. The van der Waals surface area contributed by atoms with E-state index < -0.39 is 48.2 Å². The van der Waals surface area contributed by atoms with Gasteiger partial charge in [0, 0.05) is 44.8 Å². The normalized spacial score (nSPS) is 22.2. The van der Waals surface area contributed by atoms with E-state index in [1.807, 2.05) is 78.9 Å². The van der Waals surface area contributed by atoms with Crippen molar-refractivity contribution in [3.8, 4) is 5.75 Å². The maximum atomic E-state index is 14.1. The molecule has 2 saturated heterocycles. The second kappa shape index (κ2) is 17.1. The van der Waals surface area contributed by atoms with Crippen LogP contribution in [0.1, 0.15) is 47.6 Å². The van der Waals surface area contributed by atoms with Crippen LogP contribution in [0.15, 0.2) is 78.9 Å². The number of hydrogen-bond donors (Lipinski definition) is 4. The first-order valence-electron chi connectivity index (χ1n) is 17.6. The number of morpholine rings is 1. The zero-order valence-electron chi connectivity index (χ0n) is 28.2. The molecule has 0 radical (unpaired) electrons. The third-order valence-corrected chi connectivity index (χ3v) is 9.85. The fourth-order valence-electron chi connectivity index (χ4n) is 7.02. The van der Waals surface area contributed by atoms with Gasteiger partial charge < -0.3 is 35.1 Å². The number of ether oxygens (including phenoxy) is 3. The lowest BCUT2D eigenvalue weighted by atomic mass is 9.88. The molecule has 2 aliphatic heterocycles. The van der Waals surface area contributed by atoms with Gasteiger partial charge in [0.1, 0.15) is 12.4 Å². The van der Waals surface area contributed by atoms with Crippen LogP contribution in [0.3, 0.4) is 0 Å². The Labute approximate surface area is 292 Å². The highest BCUT2D eigenvalue weighted by atomic mass is 16.6. The van der Waals surface area contributed by atoms with Gasteiger partial charge in [-0.05, 0) is 53.6 Å². The number of nitrogens with zero attached hydrogens (tertiary/aromatic N) is 1. The van der Waals surface area contributed by atoms with Crippen molar-refractivity contribution in [2.75, 3.05) is 39.5 Å². The van der Waals surface area contributed by atoms with Crippen molar-refractivity contribution in [1.82, 2.24) is 15.5 Å². The molecule has 3 aromatic carbocycles. The first-order chi connectivity index (χ1) is 24.3. The molecular weight excluding hydrogens is 638 g/mol. The number of hydrogen-bond acceptors (Lipinski definition) is 9. The quantitative estimate of drug-likeness (QED) is 0.177. The van der Waals surface area contributed by atoms with Gasteiger partial charge in [0.25, 0.3) is 5.91 Å². The van der Waals surface area contributed by atoms with Crippen LogP contribution in [0.5, 0.6) is 5.75 Å². The highest BCUT2D eigenvalue weighted by molar-refractivity contribution is 5.86. The molecule has 4 N–H and O–H groups in total. The molecule has 0 unspecified atom stereocenters. The van der Waals surface area contributed by atoms with Crippen LogP contribution in [0, 0.1) is 5.92 Å². The highest BCUT2D eigenvalue weighted by Crippen LogP contribution is 2.32. The lowest BCUT2D eigenvalue weighted by molar-refractivity contribution is -0.148. The molecule has 50 heavy (non-hydrogen) atoms. The highest BCUT2D eigenvalue weighted by Gasteiger charge is 2.37. The van der Waals surface area contributed by atoms with Gasteiger partial charge in [-0.2, -0.15) is 0 Å². The molecule has 0 bridgehead atoms. The summed E-state index contributed by atoms with van der Waals surface area (Å²) < 4.78 is 16.6. The number of rotatable bonds is 15. The van der Waals surface area contributed by atoms with Crippen molar-refractivity contribution in [3.05, 3.63) is 101 Å². The van der Waals surface area contributed by atoms with Crippen LogP contribution in [0.2, 0.25) is 0 Å². The average molecular weight is 686 g/mol. The number of carbonyl (C=O) groups excluding carboxylic acids is 3. The predicted molar refractivity (Wildman–Crippen MR) is 185 cm³/mol. The molecule has 2 fully saturated rings. The van der Waals surface area contributed by atoms with Crippen LogP contribution >= 0.6 is 0 Å². The minimum atomic E-state index is -1.12. The topological polar surface area (TPSA) is 147 Å². The summed E-state index contributed by atoms with van der Waals surface area (Å²) in [6.45, 7) is 4.62. The fraction of sp³-hybridized carbons (Fsp3) is 0.462. The molecule has 2 heterocycles. The van der Waals surface area contributed by atoms with Crippen LogP contribution in [-0.4, -0.2) is 96.7 Å². The largest absolute Gasteiger partial charge is 0.492 e. The molecule has 3 aromatic rings. The van der Waals surface area contributed by atoms with E-state index >= 15 is 0 Å². The van der Waals surface area contributed by atoms with Crippen LogP contribution in [-0.2, 0) is 43.1 Å². The lowest BCUT2D eigenvalue weighted by Crippen LogP contribution is -2.50. The van der Waals surface area contributed by atoms with E-state index in [0.717, 1.165) is 60.9 Å². The zero-order valence-corrected chi connectivity index (χ0v) is 28.2. The molecule has 266 valence electrons. The van der Waals surface area contributed by atoms with Crippen molar-refractivity contribution >= 4 is 17.8 Å².